The molecule has 0 fully saturated rings. The van der Waals surface area contributed by atoms with Crippen LogP contribution >= 0.6 is 34.4 Å². The van der Waals surface area contributed by atoms with Crippen LogP contribution in [0.4, 0.5) is 5.69 Å². The molecule has 0 heterocycles. The van der Waals surface area contributed by atoms with Crippen molar-refractivity contribution in [3.05, 3.63) is 69.8 Å². The van der Waals surface area contributed by atoms with Gasteiger partial charge in [0.2, 0.25) is 0 Å². The van der Waals surface area contributed by atoms with E-state index in [4.69, 9.17) is 4.74 Å². The van der Waals surface area contributed by atoms with E-state index < -0.39 is 5.97 Å². The summed E-state index contributed by atoms with van der Waals surface area (Å²) in [5, 5.41) is 5.05. The molecule has 138 valence electrons. The number of aryl methyl sites for hydroxylation is 1. The van der Waals surface area contributed by atoms with Gasteiger partial charge in [0.05, 0.1) is 5.75 Å². The first-order valence-electron chi connectivity index (χ1n) is 8.34. The molecule has 0 radical (unpaired) electrons. The average molecular weight is 491 g/mol. The minimum atomic E-state index is -0.414. The van der Waals surface area contributed by atoms with Crippen LogP contribution in [-0.4, -0.2) is 24.2 Å². The summed E-state index contributed by atoms with van der Waals surface area (Å²) in [6.07, 6.45) is 0. The molecule has 0 saturated heterocycles. The van der Waals surface area contributed by atoms with Crippen LogP contribution in [0.2, 0.25) is 0 Å². The summed E-state index contributed by atoms with van der Waals surface area (Å²) < 4.78 is 6.17. The molecular weight excluding hydrogens is 473 g/mol. The Kier molecular flexibility index (Phi) is 6.73. The molecule has 0 spiro atoms. The molecule has 1 amide bonds. The second-order valence-electron chi connectivity index (χ2n) is 5.97. The summed E-state index contributed by atoms with van der Waals surface area (Å²) in [5.41, 5.74) is 1.69. The van der Waals surface area contributed by atoms with Crippen LogP contribution in [0.25, 0.3) is 10.8 Å². The van der Waals surface area contributed by atoms with Crippen LogP contribution < -0.4 is 5.32 Å². The number of amides is 1. The number of carbonyl (C=O) groups excluding carboxylic acids is 2. The first kappa shape index (κ1) is 19.7. The number of hydrogen-bond donors (Lipinski definition) is 1. The Hall–Kier alpha value is -2.06. The van der Waals surface area contributed by atoms with Crippen LogP contribution in [0, 0.1) is 10.5 Å². The van der Waals surface area contributed by atoms with Crippen LogP contribution in [-0.2, 0) is 14.3 Å². The topological polar surface area (TPSA) is 55.4 Å². The molecule has 0 saturated carbocycles. The third-order valence-corrected chi connectivity index (χ3v) is 5.54. The van der Waals surface area contributed by atoms with Crippen LogP contribution in [0.5, 0.6) is 0 Å². The number of rotatable bonds is 6. The SMILES string of the molecule is Cc1cc(I)ccc1NC(=O)COC(=O)CSc1ccc2ccccc2c1. The van der Waals surface area contributed by atoms with E-state index in [-0.39, 0.29) is 18.3 Å². The molecule has 1 N–H and O–H groups in total. The molecule has 0 bridgehead atoms. The molecule has 0 aliphatic heterocycles. The first-order chi connectivity index (χ1) is 13.0. The lowest BCUT2D eigenvalue weighted by atomic mass is 10.1. The van der Waals surface area contributed by atoms with Gasteiger partial charge in [0, 0.05) is 14.2 Å². The molecule has 0 unspecified atom stereocenters. The largest absolute Gasteiger partial charge is 0.455 e. The molecule has 27 heavy (non-hydrogen) atoms. The van der Waals surface area contributed by atoms with E-state index in [0.717, 1.165) is 30.5 Å². The summed E-state index contributed by atoms with van der Waals surface area (Å²) in [6.45, 7) is 1.63. The maximum Gasteiger partial charge on any atom is 0.316 e. The van der Waals surface area contributed by atoms with E-state index in [2.05, 4.69) is 27.9 Å². The van der Waals surface area contributed by atoms with Crippen molar-refractivity contribution in [2.45, 2.75) is 11.8 Å². The van der Waals surface area contributed by atoms with Crippen LogP contribution in [0.3, 0.4) is 0 Å². The molecule has 0 aliphatic rings. The van der Waals surface area contributed by atoms with Crippen molar-refractivity contribution in [3.63, 3.8) is 0 Å². The molecule has 4 nitrogen and oxygen atoms in total. The third kappa shape index (κ3) is 5.71. The zero-order valence-electron chi connectivity index (χ0n) is 14.7. The van der Waals surface area contributed by atoms with Crippen molar-refractivity contribution in [1.82, 2.24) is 0 Å². The van der Waals surface area contributed by atoms with Gasteiger partial charge in [-0.05, 0) is 76.2 Å². The lowest BCUT2D eigenvalue weighted by Gasteiger charge is -2.09. The number of fused-ring (bicyclic) bond motifs is 1. The molecule has 3 aromatic rings. The Morgan fingerprint density at radius 3 is 2.59 bits per heavy atom. The summed E-state index contributed by atoms with van der Waals surface area (Å²) in [4.78, 5) is 24.9. The van der Waals surface area contributed by atoms with Gasteiger partial charge in [-0.15, -0.1) is 11.8 Å². The van der Waals surface area contributed by atoms with Gasteiger partial charge in [-0.1, -0.05) is 30.3 Å². The monoisotopic (exact) mass is 491 g/mol. The van der Waals surface area contributed by atoms with E-state index >= 15 is 0 Å². The Labute approximate surface area is 175 Å². The summed E-state index contributed by atoms with van der Waals surface area (Å²) in [6, 6.07) is 19.8. The zero-order valence-corrected chi connectivity index (χ0v) is 17.7. The minimum absolute atomic E-state index is 0.161. The zero-order chi connectivity index (χ0) is 19.2. The molecule has 0 aromatic heterocycles. The molecule has 6 heteroatoms. The van der Waals surface area contributed by atoms with E-state index in [0.29, 0.717) is 0 Å². The maximum atomic E-state index is 12.0. The average Bonchev–Trinajstić information content (AvgIpc) is 2.67. The summed E-state index contributed by atoms with van der Waals surface area (Å²) in [7, 11) is 0. The molecule has 0 atom stereocenters. The van der Waals surface area contributed by atoms with Crippen LogP contribution in [0.15, 0.2) is 65.6 Å². The van der Waals surface area contributed by atoms with Gasteiger partial charge in [-0.25, -0.2) is 0 Å². The normalized spacial score (nSPS) is 10.6. The van der Waals surface area contributed by atoms with E-state index in [9.17, 15) is 9.59 Å². The van der Waals surface area contributed by atoms with Gasteiger partial charge in [0.1, 0.15) is 0 Å². The van der Waals surface area contributed by atoms with E-state index in [1.54, 1.807) is 0 Å². The fraction of sp³-hybridized carbons (Fsp3) is 0.143. The second kappa shape index (κ2) is 9.23. The lowest BCUT2D eigenvalue weighted by molar-refractivity contribution is -0.144. The van der Waals surface area contributed by atoms with Gasteiger partial charge in [-0.3, -0.25) is 9.59 Å². The molecule has 0 aliphatic carbocycles. The van der Waals surface area contributed by atoms with Crippen molar-refractivity contribution in [1.29, 1.82) is 0 Å². The highest BCUT2D eigenvalue weighted by atomic mass is 127. The van der Waals surface area contributed by atoms with Crippen molar-refractivity contribution >= 4 is 62.7 Å². The predicted molar refractivity (Wildman–Crippen MR) is 118 cm³/mol. The fourth-order valence-electron chi connectivity index (χ4n) is 2.54. The van der Waals surface area contributed by atoms with Gasteiger partial charge >= 0.3 is 5.97 Å². The van der Waals surface area contributed by atoms with Crippen molar-refractivity contribution in [3.8, 4) is 0 Å². The number of halogens is 1. The fourth-order valence-corrected chi connectivity index (χ4v) is 3.93. The van der Waals surface area contributed by atoms with Gasteiger partial charge in [0.25, 0.3) is 5.91 Å². The number of benzene rings is 3. The lowest BCUT2D eigenvalue weighted by Crippen LogP contribution is -2.22. The minimum Gasteiger partial charge on any atom is -0.455 e. The first-order valence-corrected chi connectivity index (χ1v) is 10.4. The standard InChI is InChI=1S/C21H18INO3S/c1-14-10-17(22)7-9-19(14)23-20(24)12-26-21(25)13-27-18-8-6-15-4-2-3-5-16(15)11-18/h2-11H,12-13H2,1H3,(H,23,24). The molecular formula is C21H18INO3S. The van der Waals surface area contributed by atoms with Gasteiger partial charge in [0.15, 0.2) is 6.61 Å². The Morgan fingerprint density at radius 2 is 1.81 bits per heavy atom. The Bertz CT molecular complexity index is 990. The second-order valence-corrected chi connectivity index (χ2v) is 8.26. The number of hydrogen-bond acceptors (Lipinski definition) is 4. The number of ether oxygens (including phenoxy) is 1. The summed E-state index contributed by atoms with van der Waals surface area (Å²) >= 11 is 3.61. The third-order valence-electron chi connectivity index (χ3n) is 3.90. The summed E-state index contributed by atoms with van der Waals surface area (Å²) in [5.74, 6) is -0.597. The van der Waals surface area contributed by atoms with Gasteiger partial charge < -0.3 is 10.1 Å². The smallest absolute Gasteiger partial charge is 0.316 e. The molecule has 3 aromatic carbocycles. The highest BCUT2D eigenvalue weighted by molar-refractivity contribution is 14.1. The number of thioether (sulfide) groups is 1. The van der Waals surface area contributed by atoms with E-state index in [1.165, 1.54) is 11.8 Å². The van der Waals surface area contributed by atoms with Gasteiger partial charge in [-0.2, -0.15) is 0 Å². The number of carbonyl (C=O) groups is 2. The Balaban J connectivity index is 1.46. The highest BCUT2D eigenvalue weighted by Crippen LogP contribution is 2.23. The van der Waals surface area contributed by atoms with Crippen LogP contribution in [0.1, 0.15) is 5.56 Å². The maximum absolute atomic E-state index is 12.0. The predicted octanol–water partition coefficient (Wildman–Crippen LogP) is 5.03. The van der Waals surface area contributed by atoms with E-state index in [1.807, 2.05) is 67.6 Å². The number of anilines is 1. The number of esters is 1. The molecule has 3 rings (SSSR count). The quantitative estimate of drug-likeness (QED) is 0.299. The van der Waals surface area contributed by atoms with Crippen molar-refractivity contribution in [2.24, 2.45) is 0 Å². The van der Waals surface area contributed by atoms with Crippen molar-refractivity contribution < 1.29 is 14.3 Å². The highest BCUT2D eigenvalue weighted by Gasteiger charge is 2.10. The van der Waals surface area contributed by atoms with Crippen molar-refractivity contribution in [2.75, 3.05) is 17.7 Å². The number of nitrogens with one attached hydrogen (secondary N) is 1. The Morgan fingerprint density at radius 1 is 1.04 bits per heavy atom.